The zero-order valence-corrected chi connectivity index (χ0v) is 15.2. The standard InChI is InChI=1S/C21H23N3O3/c25-20(22-8-3-9-24-10-12-27-13-11-24)15-6-7-17-16-4-1-2-5-18(16)21(26)23-19(17)14-15/h1-2,4-7,14H,3,8-13H2,(H,22,25)(H,23,26). The van der Waals surface area contributed by atoms with Crippen LogP contribution in [-0.4, -0.2) is 55.2 Å². The Morgan fingerprint density at radius 3 is 2.67 bits per heavy atom. The summed E-state index contributed by atoms with van der Waals surface area (Å²) in [6.07, 6.45) is 0.904. The number of ether oxygens (including phenoxy) is 1. The van der Waals surface area contributed by atoms with Gasteiger partial charge < -0.3 is 15.0 Å². The van der Waals surface area contributed by atoms with Crippen LogP contribution >= 0.6 is 0 Å². The molecular weight excluding hydrogens is 342 g/mol. The molecule has 1 aromatic heterocycles. The van der Waals surface area contributed by atoms with E-state index in [9.17, 15) is 9.59 Å². The van der Waals surface area contributed by atoms with E-state index in [0.717, 1.165) is 50.0 Å². The maximum Gasteiger partial charge on any atom is 0.256 e. The molecule has 0 spiro atoms. The van der Waals surface area contributed by atoms with E-state index in [1.807, 2.05) is 36.4 Å². The van der Waals surface area contributed by atoms with E-state index in [4.69, 9.17) is 4.74 Å². The average Bonchev–Trinajstić information content (AvgIpc) is 2.71. The summed E-state index contributed by atoms with van der Waals surface area (Å²) in [5.74, 6) is -0.118. The van der Waals surface area contributed by atoms with Crippen LogP contribution in [0.15, 0.2) is 47.3 Å². The molecule has 6 nitrogen and oxygen atoms in total. The van der Waals surface area contributed by atoms with Gasteiger partial charge in [-0.1, -0.05) is 24.3 Å². The van der Waals surface area contributed by atoms with E-state index < -0.39 is 0 Å². The SMILES string of the molecule is O=C(NCCCN1CCOCC1)c1ccc2c(c1)[nH]c(=O)c1ccccc12. The number of carbonyl (C=O) groups is 1. The number of H-pyrrole nitrogens is 1. The van der Waals surface area contributed by atoms with Gasteiger partial charge >= 0.3 is 0 Å². The number of hydrogen-bond donors (Lipinski definition) is 2. The fraction of sp³-hybridized carbons (Fsp3) is 0.333. The molecule has 0 radical (unpaired) electrons. The molecule has 0 aliphatic carbocycles. The third-order valence-corrected chi connectivity index (χ3v) is 5.03. The van der Waals surface area contributed by atoms with E-state index in [1.165, 1.54) is 0 Å². The molecule has 0 bridgehead atoms. The van der Waals surface area contributed by atoms with Crippen molar-refractivity contribution >= 4 is 27.6 Å². The first-order chi connectivity index (χ1) is 13.2. The van der Waals surface area contributed by atoms with E-state index in [0.29, 0.717) is 23.0 Å². The quantitative estimate of drug-likeness (QED) is 0.537. The number of nitrogens with zero attached hydrogens (tertiary/aromatic N) is 1. The number of aromatic nitrogens is 1. The number of pyridine rings is 1. The molecule has 27 heavy (non-hydrogen) atoms. The lowest BCUT2D eigenvalue weighted by molar-refractivity contribution is 0.0374. The Kier molecular flexibility index (Phi) is 5.18. The second kappa shape index (κ2) is 7.90. The Morgan fingerprint density at radius 1 is 1.07 bits per heavy atom. The van der Waals surface area contributed by atoms with Gasteiger partial charge in [0.15, 0.2) is 0 Å². The molecule has 1 amide bonds. The molecule has 0 saturated carbocycles. The number of nitrogens with one attached hydrogen (secondary N) is 2. The minimum Gasteiger partial charge on any atom is -0.379 e. The lowest BCUT2D eigenvalue weighted by Crippen LogP contribution is -2.38. The highest BCUT2D eigenvalue weighted by molar-refractivity contribution is 6.07. The van der Waals surface area contributed by atoms with Gasteiger partial charge in [-0.25, -0.2) is 0 Å². The third kappa shape index (κ3) is 3.86. The number of morpholine rings is 1. The summed E-state index contributed by atoms with van der Waals surface area (Å²) in [5, 5.41) is 5.46. The van der Waals surface area contributed by atoms with Crippen LogP contribution in [0.3, 0.4) is 0 Å². The molecular formula is C21H23N3O3. The predicted molar refractivity (Wildman–Crippen MR) is 106 cm³/mol. The molecule has 1 aliphatic rings. The normalized spacial score (nSPS) is 15.3. The smallest absolute Gasteiger partial charge is 0.256 e. The summed E-state index contributed by atoms with van der Waals surface area (Å²) in [6, 6.07) is 13.0. The van der Waals surface area contributed by atoms with Crippen LogP contribution in [0.2, 0.25) is 0 Å². The van der Waals surface area contributed by atoms with Gasteiger partial charge in [0.1, 0.15) is 0 Å². The number of aromatic amines is 1. The number of fused-ring (bicyclic) bond motifs is 3. The topological polar surface area (TPSA) is 74.4 Å². The molecule has 1 saturated heterocycles. The summed E-state index contributed by atoms with van der Waals surface area (Å²) in [4.78, 5) is 29.9. The highest BCUT2D eigenvalue weighted by Crippen LogP contribution is 2.21. The van der Waals surface area contributed by atoms with E-state index in [2.05, 4.69) is 15.2 Å². The third-order valence-electron chi connectivity index (χ3n) is 5.03. The Hall–Kier alpha value is -2.70. The summed E-state index contributed by atoms with van der Waals surface area (Å²) in [5.41, 5.74) is 1.10. The van der Waals surface area contributed by atoms with Crippen LogP contribution in [0, 0.1) is 0 Å². The average molecular weight is 365 g/mol. The maximum atomic E-state index is 12.5. The van der Waals surface area contributed by atoms with Crippen LogP contribution in [0.1, 0.15) is 16.8 Å². The van der Waals surface area contributed by atoms with E-state index in [1.54, 1.807) is 6.07 Å². The Bertz CT molecular complexity index is 1020. The second-order valence-electron chi connectivity index (χ2n) is 6.82. The van der Waals surface area contributed by atoms with Crippen molar-refractivity contribution in [1.82, 2.24) is 15.2 Å². The molecule has 2 aromatic carbocycles. The summed E-state index contributed by atoms with van der Waals surface area (Å²) >= 11 is 0. The van der Waals surface area contributed by atoms with Crippen LogP contribution in [0.5, 0.6) is 0 Å². The first-order valence-electron chi connectivity index (χ1n) is 9.35. The van der Waals surface area contributed by atoms with Gasteiger partial charge in [0.2, 0.25) is 0 Å². The van der Waals surface area contributed by atoms with Crippen molar-refractivity contribution in [2.75, 3.05) is 39.4 Å². The van der Waals surface area contributed by atoms with Crippen molar-refractivity contribution in [1.29, 1.82) is 0 Å². The fourth-order valence-electron chi connectivity index (χ4n) is 3.56. The maximum absolute atomic E-state index is 12.5. The fourth-order valence-corrected chi connectivity index (χ4v) is 3.56. The van der Waals surface area contributed by atoms with E-state index >= 15 is 0 Å². The van der Waals surface area contributed by atoms with Crippen molar-refractivity contribution in [3.8, 4) is 0 Å². The summed E-state index contributed by atoms with van der Waals surface area (Å²) in [7, 11) is 0. The van der Waals surface area contributed by atoms with Gasteiger partial charge in [-0.05, 0) is 36.6 Å². The minimum atomic E-state index is -0.138. The lowest BCUT2D eigenvalue weighted by atomic mass is 10.0. The Morgan fingerprint density at radius 2 is 1.85 bits per heavy atom. The zero-order chi connectivity index (χ0) is 18.6. The number of benzene rings is 2. The number of amides is 1. The zero-order valence-electron chi connectivity index (χ0n) is 15.2. The van der Waals surface area contributed by atoms with Crippen LogP contribution in [0.4, 0.5) is 0 Å². The predicted octanol–water partition coefficient (Wildman–Crippen LogP) is 2.13. The van der Waals surface area contributed by atoms with Gasteiger partial charge in [0.05, 0.1) is 13.2 Å². The van der Waals surface area contributed by atoms with Gasteiger partial charge in [-0.3, -0.25) is 14.5 Å². The van der Waals surface area contributed by atoms with Gasteiger partial charge in [0, 0.05) is 41.5 Å². The first kappa shape index (κ1) is 17.7. The molecule has 3 aromatic rings. The van der Waals surface area contributed by atoms with Gasteiger partial charge in [0.25, 0.3) is 11.5 Å². The molecule has 4 rings (SSSR count). The lowest BCUT2D eigenvalue weighted by Gasteiger charge is -2.26. The number of rotatable bonds is 5. The highest BCUT2D eigenvalue weighted by Gasteiger charge is 2.11. The van der Waals surface area contributed by atoms with Crippen LogP contribution in [0.25, 0.3) is 21.7 Å². The largest absolute Gasteiger partial charge is 0.379 e. The van der Waals surface area contributed by atoms with Gasteiger partial charge in [-0.2, -0.15) is 0 Å². The van der Waals surface area contributed by atoms with Crippen molar-refractivity contribution in [2.45, 2.75) is 6.42 Å². The van der Waals surface area contributed by atoms with Crippen molar-refractivity contribution in [3.63, 3.8) is 0 Å². The summed E-state index contributed by atoms with van der Waals surface area (Å²) < 4.78 is 5.34. The molecule has 140 valence electrons. The second-order valence-corrected chi connectivity index (χ2v) is 6.82. The molecule has 1 aliphatic heterocycles. The number of hydrogen-bond acceptors (Lipinski definition) is 4. The molecule has 0 unspecified atom stereocenters. The van der Waals surface area contributed by atoms with E-state index in [-0.39, 0.29) is 11.5 Å². The van der Waals surface area contributed by atoms with Crippen LogP contribution in [-0.2, 0) is 4.74 Å². The monoisotopic (exact) mass is 365 g/mol. The minimum absolute atomic E-state index is 0.118. The summed E-state index contributed by atoms with van der Waals surface area (Å²) in [6.45, 7) is 5.08. The molecule has 0 atom stereocenters. The molecule has 6 heteroatoms. The van der Waals surface area contributed by atoms with Crippen molar-refractivity contribution < 1.29 is 9.53 Å². The highest BCUT2D eigenvalue weighted by atomic mass is 16.5. The van der Waals surface area contributed by atoms with Crippen LogP contribution < -0.4 is 10.9 Å². The Balaban J connectivity index is 1.44. The molecule has 2 N–H and O–H groups in total. The first-order valence-corrected chi connectivity index (χ1v) is 9.35. The van der Waals surface area contributed by atoms with Gasteiger partial charge in [-0.15, -0.1) is 0 Å². The molecule has 2 heterocycles. The van der Waals surface area contributed by atoms with Crippen molar-refractivity contribution in [2.24, 2.45) is 0 Å². The molecule has 1 fully saturated rings. The number of carbonyl (C=O) groups excluding carboxylic acids is 1. The Labute approximate surface area is 157 Å². The van der Waals surface area contributed by atoms with Crippen molar-refractivity contribution in [3.05, 3.63) is 58.4 Å².